The fourth-order valence-electron chi connectivity index (χ4n) is 1.79. The molecule has 3 nitrogen and oxygen atoms in total. The second-order valence-electron chi connectivity index (χ2n) is 4.63. The molecule has 2 N–H and O–H groups in total. The minimum absolute atomic E-state index is 0.361. The number of hydrogen-bond donors (Lipinski definition) is 1. The highest BCUT2D eigenvalue weighted by Gasteiger charge is 2.11. The molecule has 0 unspecified atom stereocenters. The predicted molar refractivity (Wildman–Crippen MR) is 74.9 cm³/mol. The molecule has 0 aliphatic carbocycles. The summed E-state index contributed by atoms with van der Waals surface area (Å²) in [6, 6.07) is 6.36. The molecule has 0 saturated heterocycles. The third kappa shape index (κ3) is 2.43. The maximum absolute atomic E-state index is 11.1. The fraction of sp³-hybridized carbons (Fsp3) is 0.286. The van der Waals surface area contributed by atoms with Gasteiger partial charge in [-0.1, -0.05) is 26.0 Å². The van der Waals surface area contributed by atoms with Crippen LogP contribution in [-0.4, -0.2) is 10.9 Å². The molecule has 1 aromatic heterocycles. The Balaban J connectivity index is 2.48. The van der Waals surface area contributed by atoms with Crippen molar-refractivity contribution in [1.82, 2.24) is 4.98 Å². The molecule has 0 spiro atoms. The summed E-state index contributed by atoms with van der Waals surface area (Å²) in [5, 5.41) is 2.24. The second kappa shape index (κ2) is 4.90. The molecule has 18 heavy (non-hydrogen) atoms. The summed E-state index contributed by atoms with van der Waals surface area (Å²) in [6.45, 7) is 6.36. The van der Waals surface area contributed by atoms with Crippen LogP contribution >= 0.6 is 11.3 Å². The van der Waals surface area contributed by atoms with Crippen LogP contribution in [0.2, 0.25) is 0 Å². The molecule has 0 aliphatic rings. The number of thiazole rings is 1. The lowest BCUT2D eigenvalue weighted by molar-refractivity contribution is 0.1000. The van der Waals surface area contributed by atoms with Gasteiger partial charge in [-0.15, -0.1) is 11.3 Å². The quantitative estimate of drug-likeness (QED) is 0.920. The van der Waals surface area contributed by atoms with Crippen LogP contribution < -0.4 is 5.73 Å². The first kappa shape index (κ1) is 12.8. The Morgan fingerprint density at radius 2 is 2.11 bits per heavy atom. The van der Waals surface area contributed by atoms with Gasteiger partial charge in [0, 0.05) is 10.9 Å². The Morgan fingerprint density at radius 1 is 1.39 bits per heavy atom. The molecule has 0 atom stereocenters. The van der Waals surface area contributed by atoms with Gasteiger partial charge >= 0.3 is 0 Å². The van der Waals surface area contributed by atoms with Gasteiger partial charge in [0.15, 0.2) is 5.01 Å². The van der Waals surface area contributed by atoms with E-state index in [1.807, 2.05) is 12.3 Å². The van der Waals surface area contributed by atoms with Crippen LogP contribution in [0, 0.1) is 6.92 Å². The Bertz CT molecular complexity index is 587. The Hall–Kier alpha value is -1.68. The van der Waals surface area contributed by atoms with Gasteiger partial charge in [-0.05, 0) is 30.0 Å². The van der Waals surface area contributed by atoms with Crippen molar-refractivity contribution in [3.63, 3.8) is 0 Å². The standard InChI is InChI=1S/C14H16N2OS/c1-8(2)10-5-4-9(3)11(6-10)12-7-18-14(16-12)13(15)17/h4-8H,1-3H3,(H2,15,17). The summed E-state index contributed by atoms with van der Waals surface area (Å²) in [4.78, 5) is 15.4. The van der Waals surface area contributed by atoms with Crippen LogP contribution in [0.15, 0.2) is 23.6 Å². The Labute approximate surface area is 111 Å². The molecule has 0 aliphatic heterocycles. The summed E-state index contributed by atoms with van der Waals surface area (Å²) in [7, 11) is 0. The van der Waals surface area contributed by atoms with E-state index in [0.29, 0.717) is 10.9 Å². The molecule has 1 aromatic carbocycles. The predicted octanol–water partition coefficient (Wildman–Crippen LogP) is 3.34. The van der Waals surface area contributed by atoms with E-state index in [9.17, 15) is 4.79 Å². The number of rotatable bonds is 3. The van der Waals surface area contributed by atoms with E-state index in [1.54, 1.807) is 0 Å². The molecular weight excluding hydrogens is 244 g/mol. The highest BCUT2D eigenvalue weighted by Crippen LogP contribution is 2.28. The second-order valence-corrected chi connectivity index (χ2v) is 5.49. The smallest absolute Gasteiger partial charge is 0.277 e. The average Bonchev–Trinajstić information content (AvgIpc) is 2.78. The number of nitrogens with two attached hydrogens (primary N) is 1. The van der Waals surface area contributed by atoms with Gasteiger partial charge in [0.05, 0.1) is 5.69 Å². The van der Waals surface area contributed by atoms with Crippen molar-refractivity contribution in [2.75, 3.05) is 0 Å². The van der Waals surface area contributed by atoms with Crippen LogP contribution in [0.5, 0.6) is 0 Å². The van der Waals surface area contributed by atoms with Gasteiger partial charge in [0.2, 0.25) is 0 Å². The third-order valence-electron chi connectivity index (χ3n) is 2.92. The molecule has 94 valence electrons. The van der Waals surface area contributed by atoms with E-state index in [4.69, 9.17) is 5.73 Å². The number of hydrogen-bond acceptors (Lipinski definition) is 3. The van der Waals surface area contributed by atoms with E-state index >= 15 is 0 Å². The summed E-state index contributed by atoms with van der Waals surface area (Å²) in [5.74, 6) is 0.00233. The van der Waals surface area contributed by atoms with Crippen molar-refractivity contribution >= 4 is 17.2 Å². The number of amides is 1. The van der Waals surface area contributed by atoms with Gasteiger partial charge < -0.3 is 5.73 Å². The number of aromatic nitrogens is 1. The fourth-order valence-corrected chi connectivity index (χ4v) is 2.46. The largest absolute Gasteiger partial charge is 0.364 e. The summed E-state index contributed by atoms with van der Waals surface area (Å²) < 4.78 is 0. The molecule has 2 rings (SSSR count). The van der Waals surface area contributed by atoms with Gasteiger partial charge in [-0.3, -0.25) is 4.79 Å². The van der Waals surface area contributed by atoms with Crippen LogP contribution in [0.3, 0.4) is 0 Å². The zero-order valence-corrected chi connectivity index (χ0v) is 11.5. The third-order valence-corrected chi connectivity index (χ3v) is 3.78. The first-order valence-electron chi connectivity index (χ1n) is 5.85. The number of carbonyl (C=O) groups is 1. The van der Waals surface area contributed by atoms with Crippen LogP contribution in [0.25, 0.3) is 11.3 Å². The maximum atomic E-state index is 11.1. The first-order chi connectivity index (χ1) is 8.49. The first-order valence-corrected chi connectivity index (χ1v) is 6.73. The number of aryl methyl sites for hydroxylation is 1. The van der Waals surface area contributed by atoms with Crippen LogP contribution in [0.4, 0.5) is 0 Å². The molecule has 1 heterocycles. The monoisotopic (exact) mass is 260 g/mol. The molecule has 4 heteroatoms. The Kier molecular flexibility index (Phi) is 3.48. The SMILES string of the molecule is Cc1ccc(C(C)C)cc1-c1csc(C(N)=O)n1. The van der Waals surface area contributed by atoms with Gasteiger partial charge in [0.1, 0.15) is 0 Å². The average molecular weight is 260 g/mol. The van der Waals surface area contributed by atoms with Crippen molar-refractivity contribution in [3.8, 4) is 11.3 Å². The molecule has 0 saturated carbocycles. The van der Waals surface area contributed by atoms with E-state index in [1.165, 1.54) is 16.9 Å². The number of primary amides is 1. The lowest BCUT2D eigenvalue weighted by Crippen LogP contribution is -2.10. The maximum Gasteiger partial charge on any atom is 0.277 e. The lowest BCUT2D eigenvalue weighted by atomic mass is 9.97. The zero-order chi connectivity index (χ0) is 13.3. The number of nitrogens with zero attached hydrogens (tertiary/aromatic N) is 1. The molecule has 1 amide bonds. The normalized spacial score (nSPS) is 10.9. The summed E-state index contributed by atoms with van der Waals surface area (Å²) >= 11 is 1.29. The van der Waals surface area contributed by atoms with Gasteiger partial charge in [-0.25, -0.2) is 4.98 Å². The van der Waals surface area contributed by atoms with E-state index in [-0.39, 0.29) is 0 Å². The number of benzene rings is 1. The van der Waals surface area contributed by atoms with Crippen LogP contribution in [0.1, 0.15) is 40.7 Å². The highest BCUT2D eigenvalue weighted by molar-refractivity contribution is 7.12. The number of carbonyl (C=O) groups excluding carboxylic acids is 1. The summed E-state index contributed by atoms with van der Waals surface area (Å²) in [5.41, 5.74) is 9.55. The van der Waals surface area contributed by atoms with Crippen LogP contribution in [-0.2, 0) is 0 Å². The minimum atomic E-state index is -0.469. The van der Waals surface area contributed by atoms with Crippen molar-refractivity contribution in [1.29, 1.82) is 0 Å². The Morgan fingerprint density at radius 3 is 2.67 bits per heavy atom. The van der Waals surface area contributed by atoms with Crippen molar-refractivity contribution in [3.05, 3.63) is 39.7 Å². The lowest BCUT2D eigenvalue weighted by Gasteiger charge is -2.09. The van der Waals surface area contributed by atoms with Gasteiger partial charge in [0.25, 0.3) is 5.91 Å². The van der Waals surface area contributed by atoms with Crippen molar-refractivity contribution in [2.45, 2.75) is 26.7 Å². The minimum Gasteiger partial charge on any atom is -0.364 e. The van der Waals surface area contributed by atoms with E-state index < -0.39 is 5.91 Å². The zero-order valence-electron chi connectivity index (χ0n) is 10.7. The van der Waals surface area contributed by atoms with E-state index in [2.05, 4.69) is 37.0 Å². The van der Waals surface area contributed by atoms with Crippen molar-refractivity contribution in [2.24, 2.45) is 5.73 Å². The van der Waals surface area contributed by atoms with Gasteiger partial charge in [-0.2, -0.15) is 0 Å². The van der Waals surface area contributed by atoms with E-state index in [0.717, 1.165) is 16.8 Å². The molecule has 0 fully saturated rings. The highest BCUT2D eigenvalue weighted by atomic mass is 32.1. The molecular formula is C14H16N2OS. The summed E-state index contributed by atoms with van der Waals surface area (Å²) in [6.07, 6.45) is 0. The molecule has 0 bridgehead atoms. The topological polar surface area (TPSA) is 56.0 Å². The molecule has 0 radical (unpaired) electrons. The van der Waals surface area contributed by atoms with Crippen molar-refractivity contribution < 1.29 is 4.79 Å². The molecule has 2 aromatic rings.